The molecule has 0 fully saturated rings. The molecule has 120 valence electrons. The van der Waals surface area contributed by atoms with Gasteiger partial charge in [-0.3, -0.25) is 10.1 Å². The van der Waals surface area contributed by atoms with Crippen LogP contribution in [0.25, 0.3) is 6.08 Å². The lowest BCUT2D eigenvalue weighted by Gasteiger charge is -2.10. The van der Waals surface area contributed by atoms with E-state index in [1.54, 1.807) is 12.1 Å². The van der Waals surface area contributed by atoms with Gasteiger partial charge >= 0.3 is 0 Å². The number of thiocarbonyl (C=S) groups is 1. The van der Waals surface area contributed by atoms with Gasteiger partial charge in [-0.2, -0.15) is 0 Å². The van der Waals surface area contributed by atoms with E-state index in [2.05, 4.69) is 10.6 Å². The molecule has 0 saturated carbocycles. The zero-order chi connectivity index (χ0) is 17.0. The monoisotopic (exact) mass is 388 g/mol. The van der Waals surface area contributed by atoms with Crippen LogP contribution in [0.5, 0.6) is 0 Å². The summed E-state index contributed by atoms with van der Waals surface area (Å²) in [5.74, 6) is 0.924. The van der Waals surface area contributed by atoms with Gasteiger partial charge in [-0.25, -0.2) is 0 Å². The fourth-order valence-electron chi connectivity index (χ4n) is 1.63. The highest BCUT2D eigenvalue weighted by Crippen LogP contribution is 2.32. The summed E-state index contributed by atoms with van der Waals surface area (Å²) in [6, 6.07) is 6.56. The summed E-state index contributed by atoms with van der Waals surface area (Å²) in [4.78, 5) is 11.8. The first-order valence-electron chi connectivity index (χ1n) is 6.36. The third kappa shape index (κ3) is 5.25. The van der Waals surface area contributed by atoms with Gasteiger partial charge in [-0.05, 0) is 49.5 Å². The molecule has 1 heterocycles. The molecule has 0 saturated heterocycles. The van der Waals surface area contributed by atoms with E-state index in [-0.39, 0.29) is 5.11 Å². The molecule has 23 heavy (non-hydrogen) atoms. The quantitative estimate of drug-likeness (QED) is 0.437. The van der Waals surface area contributed by atoms with Crippen LogP contribution < -0.4 is 10.6 Å². The number of hydrogen-bond acceptors (Lipinski definition) is 3. The highest BCUT2D eigenvalue weighted by Gasteiger charge is 2.08. The summed E-state index contributed by atoms with van der Waals surface area (Å²) >= 11 is 22.8. The summed E-state index contributed by atoms with van der Waals surface area (Å²) < 4.78 is 5.31. The molecule has 0 aliphatic carbocycles. The number of benzene rings is 1. The molecule has 1 aromatic carbocycles. The van der Waals surface area contributed by atoms with Crippen molar-refractivity contribution >= 4 is 69.8 Å². The van der Waals surface area contributed by atoms with Crippen LogP contribution in [0.2, 0.25) is 15.1 Å². The zero-order valence-electron chi connectivity index (χ0n) is 11.8. The van der Waals surface area contributed by atoms with Crippen LogP contribution in [0.4, 0.5) is 5.69 Å². The van der Waals surface area contributed by atoms with Crippen molar-refractivity contribution in [1.82, 2.24) is 5.32 Å². The summed E-state index contributed by atoms with van der Waals surface area (Å²) in [7, 11) is 0. The predicted molar refractivity (Wildman–Crippen MR) is 98.3 cm³/mol. The number of anilines is 1. The summed E-state index contributed by atoms with van der Waals surface area (Å²) in [6.45, 7) is 1.82. The lowest BCUT2D eigenvalue weighted by molar-refractivity contribution is -0.115. The van der Waals surface area contributed by atoms with Crippen LogP contribution in [-0.2, 0) is 4.79 Å². The Morgan fingerprint density at radius 3 is 2.52 bits per heavy atom. The number of amides is 1. The van der Waals surface area contributed by atoms with Gasteiger partial charge in [0.25, 0.3) is 0 Å². The van der Waals surface area contributed by atoms with Gasteiger partial charge in [0, 0.05) is 6.08 Å². The van der Waals surface area contributed by atoms with E-state index in [4.69, 9.17) is 51.4 Å². The Labute approximate surface area is 153 Å². The number of nitrogens with one attached hydrogen (secondary N) is 2. The molecule has 0 spiro atoms. The van der Waals surface area contributed by atoms with E-state index in [9.17, 15) is 4.79 Å². The lowest BCUT2D eigenvalue weighted by Crippen LogP contribution is -2.32. The zero-order valence-corrected chi connectivity index (χ0v) is 14.9. The Hall–Kier alpha value is -1.53. The van der Waals surface area contributed by atoms with Gasteiger partial charge in [-0.1, -0.05) is 34.8 Å². The maximum Gasteiger partial charge on any atom is 0.250 e. The van der Waals surface area contributed by atoms with Crippen molar-refractivity contribution in [2.75, 3.05) is 5.32 Å². The molecule has 1 amide bonds. The summed E-state index contributed by atoms with van der Waals surface area (Å²) in [5.41, 5.74) is 0.442. The van der Waals surface area contributed by atoms with Gasteiger partial charge in [-0.15, -0.1) is 0 Å². The van der Waals surface area contributed by atoms with Crippen molar-refractivity contribution in [3.8, 4) is 0 Å². The average molecular weight is 390 g/mol. The number of carbonyl (C=O) groups is 1. The summed E-state index contributed by atoms with van der Waals surface area (Å²) in [6.07, 6.45) is 2.85. The minimum Gasteiger partial charge on any atom is -0.462 e. The molecule has 2 aromatic rings. The maximum absolute atomic E-state index is 11.8. The van der Waals surface area contributed by atoms with Crippen LogP contribution in [0.3, 0.4) is 0 Å². The average Bonchev–Trinajstić information content (AvgIpc) is 2.88. The van der Waals surface area contributed by atoms with Crippen LogP contribution in [-0.4, -0.2) is 11.0 Å². The molecule has 8 heteroatoms. The van der Waals surface area contributed by atoms with Gasteiger partial charge in [0.2, 0.25) is 5.91 Å². The van der Waals surface area contributed by atoms with E-state index < -0.39 is 5.91 Å². The molecule has 4 nitrogen and oxygen atoms in total. The number of furan rings is 1. The molecule has 0 aliphatic rings. The number of carbonyl (C=O) groups excluding carboxylic acids is 1. The molecule has 0 bridgehead atoms. The van der Waals surface area contributed by atoms with Gasteiger partial charge < -0.3 is 9.73 Å². The second-order valence-electron chi connectivity index (χ2n) is 4.47. The Balaban J connectivity index is 1.95. The second kappa shape index (κ2) is 7.84. The number of halogens is 3. The third-order valence-electron chi connectivity index (χ3n) is 2.66. The van der Waals surface area contributed by atoms with Crippen molar-refractivity contribution in [2.24, 2.45) is 0 Å². The van der Waals surface area contributed by atoms with E-state index in [1.807, 2.05) is 6.92 Å². The Morgan fingerprint density at radius 1 is 1.17 bits per heavy atom. The van der Waals surface area contributed by atoms with Crippen molar-refractivity contribution < 1.29 is 9.21 Å². The van der Waals surface area contributed by atoms with Crippen LogP contribution in [0, 0.1) is 6.92 Å². The minimum absolute atomic E-state index is 0.0792. The first-order chi connectivity index (χ1) is 10.8. The number of rotatable bonds is 3. The van der Waals surface area contributed by atoms with E-state index in [0.717, 1.165) is 5.76 Å². The normalized spacial score (nSPS) is 10.8. The molecule has 0 unspecified atom stereocenters. The molecule has 0 atom stereocenters. The fourth-order valence-corrected chi connectivity index (χ4v) is 2.43. The molecule has 0 aliphatic heterocycles. The first-order valence-corrected chi connectivity index (χ1v) is 7.90. The SMILES string of the molecule is Cc1ccc(/C=C/C(=O)NC(=S)Nc2cc(Cl)c(Cl)cc2Cl)o1. The van der Waals surface area contributed by atoms with Crippen molar-refractivity contribution in [3.05, 3.63) is 56.9 Å². The third-order valence-corrected chi connectivity index (χ3v) is 3.89. The Kier molecular flexibility index (Phi) is 6.07. The molecular weight excluding hydrogens is 379 g/mol. The van der Waals surface area contributed by atoms with Gasteiger partial charge in [0.05, 0.1) is 20.8 Å². The topological polar surface area (TPSA) is 54.3 Å². The molecule has 2 N–H and O–H groups in total. The summed E-state index contributed by atoms with van der Waals surface area (Å²) in [5, 5.41) is 6.32. The fraction of sp³-hybridized carbons (Fsp3) is 0.0667. The molecular formula is C15H11Cl3N2O2S. The smallest absolute Gasteiger partial charge is 0.250 e. The van der Waals surface area contributed by atoms with E-state index in [0.29, 0.717) is 26.5 Å². The maximum atomic E-state index is 11.8. The van der Waals surface area contributed by atoms with Gasteiger partial charge in [0.15, 0.2) is 5.11 Å². The van der Waals surface area contributed by atoms with Gasteiger partial charge in [0.1, 0.15) is 11.5 Å². The molecule has 2 rings (SSSR count). The highest BCUT2D eigenvalue weighted by atomic mass is 35.5. The lowest BCUT2D eigenvalue weighted by atomic mass is 10.3. The van der Waals surface area contributed by atoms with E-state index in [1.165, 1.54) is 24.3 Å². The molecule has 1 aromatic heterocycles. The van der Waals surface area contributed by atoms with Crippen LogP contribution in [0.15, 0.2) is 34.8 Å². The predicted octanol–water partition coefficient (Wildman–Crippen LogP) is 5.07. The number of aryl methyl sites for hydroxylation is 1. The Morgan fingerprint density at radius 2 is 1.87 bits per heavy atom. The standard InChI is InChI=1S/C15H11Cl3N2O2S/c1-8-2-3-9(22-8)4-5-14(21)20-15(23)19-13-7-11(17)10(16)6-12(13)18/h2-7H,1H3,(H2,19,20,21,23)/b5-4+. The first kappa shape index (κ1) is 17.8. The van der Waals surface area contributed by atoms with Crippen LogP contribution in [0.1, 0.15) is 11.5 Å². The highest BCUT2D eigenvalue weighted by molar-refractivity contribution is 7.80. The van der Waals surface area contributed by atoms with Crippen molar-refractivity contribution in [2.45, 2.75) is 6.92 Å². The second-order valence-corrected chi connectivity index (χ2v) is 6.10. The Bertz CT molecular complexity index is 787. The minimum atomic E-state index is -0.410. The van der Waals surface area contributed by atoms with Crippen molar-refractivity contribution in [3.63, 3.8) is 0 Å². The number of hydrogen-bond donors (Lipinski definition) is 2. The molecule has 0 radical (unpaired) electrons. The van der Waals surface area contributed by atoms with Crippen molar-refractivity contribution in [1.29, 1.82) is 0 Å². The van der Waals surface area contributed by atoms with Crippen LogP contribution >= 0.6 is 47.0 Å². The largest absolute Gasteiger partial charge is 0.462 e. The van der Waals surface area contributed by atoms with E-state index >= 15 is 0 Å².